The van der Waals surface area contributed by atoms with Crippen molar-refractivity contribution in [1.29, 1.82) is 0 Å². The van der Waals surface area contributed by atoms with Gasteiger partial charge in [0, 0.05) is 10.8 Å². The highest BCUT2D eigenvalue weighted by Gasteiger charge is 2.19. The molecule has 0 aliphatic heterocycles. The minimum absolute atomic E-state index is 0.0656. The second-order valence-corrected chi connectivity index (χ2v) is 4.87. The van der Waals surface area contributed by atoms with Crippen LogP contribution >= 0.6 is 11.3 Å². The Morgan fingerprint density at radius 2 is 2.00 bits per heavy atom. The molecule has 0 aliphatic rings. The van der Waals surface area contributed by atoms with Gasteiger partial charge in [0.25, 0.3) is 0 Å². The van der Waals surface area contributed by atoms with Crippen molar-refractivity contribution in [3.05, 3.63) is 16.3 Å². The third-order valence-corrected chi connectivity index (χ3v) is 2.27. The van der Waals surface area contributed by atoms with Crippen LogP contribution in [0.5, 0.6) is 0 Å². The Bertz CT molecular complexity index is 405. The smallest absolute Gasteiger partial charge is 0.412 e. The maximum Gasteiger partial charge on any atom is 0.412 e. The van der Waals surface area contributed by atoms with Crippen LogP contribution < -0.4 is 5.32 Å². The van der Waals surface area contributed by atoms with Gasteiger partial charge in [0.05, 0.1) is 11.3 Å². The highest BCUT2D eigenvalue weighted by molar-refractivity contribution is 7.08. The van der Waals surface area contributed by atoms with Crippen molar-refractivity contribution in [2.24, 2.45) is 0 Å². The number of hydrogen-bond acceptors (Lipinski definition) is 4. The van der Waals surface area contributed by atoms with E-state index >= 15 is 0 Å². The third kappa shape index (κ3) is 3.54. The highest BCUT2D eigenvalue weighted by Crippen LogP contribution is 2.21. The van der Waals surface area contributed by atoms with Gasteiger partial charge >= 0.3 is 12.1 Å². The lowest BCUT2D eigenvalue weighted by molar-refractivity contribution is 0.0636. The molecule has 1 rings (SSSR count). The molecule has 0 unspecified atom stereocenters. The number of anilines is 1. The predicted octanol–water partition coefficient (Wildman–Crippen LogP) is 2.79. The van der Waals surface area contributed by atoms with Gasteiger partial charge in [0.15, 0.2) is 0 Å². The zero-order chi connectivity index (χ0) is 12.3. The molecule has 0 saturated carbocycles. The summed E-state index contributed by atoms with van der Waals surface area (Å²) in [5, 5.41) is 14.2. The minimum Gasteiger partial charge on any atom is -0.478 e. The molecule has 2 N–H and O–H groups in total. The second kappa shape index (κ2) is 4.52. The van der Waals surface area contributed by atoms with Gasteiger partial charge < -0.3 is 9.84 Å². The number of carbonyl (C=O) groups is 2. The van der Waals surface area contributed by atoms with Crippen molar-refractivity contribution >= 4 is 29.1 Å². The van der Waals surface area contributed by atoms with Crippen LogP contribution in [0.4, 0.5) is 10.5 Å². The summed E-state index contributed by atoms with van der Waals surface area (Å²) in [5.41, 5.74) is -0.286. The number of amides is 1. The molecule has 0 atom stereocenters. The topological polar surface area (TPSA) is 75.6 Å². The fourth-order valence-electron chi connectivity index (χ4n) is 0.973. The van der Waals surface area contributed by atoms with Gasteiger partial charge in [-0.2, -0.15) is 0 Å². The lowest BCUT2D eigenvalue weighted by Crippen LogP contribution is -2.27. The molecule has 0 aromatic carbocycles. The Labute approximate surface area is 97.0 Å². The molecule has 5 nitrogen and oxygen atoms in total. The van der Waals surface area contributed by atoms with Gasteiger partial charge in [0.2, 0.25) is 0 Å². The minimum atomic E-state index is -1.08. The van der Waals surface area contributed by atoms with Gasteiger partial charge in [-0.15, -0.1) is 11.3 Å². The summed E-state index contributed by atoms with van der Waals surface area (Å²) in [6.45, 7) is 5.20. The monoisotopic (exact) mass is 243 g/mol. The molecular weight excluding hydrogens is 230 g/mol. The number of ether oxygens (including phenoxy) is 1. The average Bonchev–Trinajstić information content (AvgIpc) is 2.47. The van der Waals surface area contributed by atoms with E-state index in [9.17, 15) is 9.59 Å². The van der Waals surface area contributed by atoms with Gasteiger partial charge in [-0.05, 0) is 20.8 Å². The predicted molar refractivity (Wildman–Crippen MR) is 61.1 cm³/mol. The van der Waals surface area contributed by atoms with Crippen molar-refractivity contribution in [2.45, 2.75) is 26.4 Å². The molecule has 0 spiro atoms. The number of carboxylic acid groups (broad SMARTS) is 1. The second-order valence-electron chi connectivity index (χ2n) is 4.13. The molecule has 1 heterocycles. The fourth-order valence-corrected chi connectivity index (χ4v) is 1.73. The van der Waals surface area contributed by atoms with Crippen LogP contribution in [0.25, 0.3) is 0 Å². The lowest BCUT2D eigenvalue weighted by Gasteiger charge is -2.19. The number of nitrogens with one attached hydrogen (secondary N) is 1. The van der Waals surface area contributed by atoms with E-state index in [2.05, 4.69) is 5.32 Å². The Morgan fingerprint density at radius 3 is 2.50 bits per heavy atom. The molecule has 0 bridgehead atoms. The van der Waals surface area contributed by atoms with Gasteiger partial charge in [-0.3, -0.25) is 5.32 Å². The number of aromatic carboxylic acids is 1. The maximum absolute atomic E-state index is 11.4. The largest absolute Gasteiger partial charge is 0.478 e. The molecule has 0 aliphatic carbocycles. The Kier molecular flexibility index (Phi) is 3.54. The van der Waals surface area contributed by atoms with E-state index in [0.29, 0.717) is 0 Å². The summed E-state index contributed by atoms with van der Waals surface area (Å²) < 4.78 is 5.01. The van der Waals surface area contributed by atoms with E-state index in [4.69, 9.17) is 9.84 Å². The number of hydrogen-bond donors (Lipinski definition) is 2. The average molecular weight is 243 g/mol. The Morgan fingerprint density at radius 1 is 1.38 bits per heavy atom. The van der Waals surface area contributed by atoms with Crippen molar-refractivity contribution in [2.75, 3.05) is 5.32 Å². The lowest BCUT2D eigenvalue weighted by atomic mass is 10.2. The first-order chi connectivity index (χ1) is 7.29. The first kappa shape index (κ1) is 12.5. The molecule has 1 aromatic rings. The molecule has 1 amide bonds. The van der Waals surface area contributed by atoms with Crippen molar-refractivity contribution in [3.8, 4) is 0 Å². The quantitative estimate of drug-likeness (QED) is 0.837. The van der Waals surface area contributed by atoms with Crippen LogP contribution in [0.3, 0.4) is 0 Å². The Balaban J connectivity index is 2.70. The van der Waals surface area contributed by atoms with Crippen molar-refractivity contribution in [1.82, 2.24) is 0 Å². The number of carboxylic acids is 1. The first-order valence-corrected chi connectivity index (χ1v) is 5.53. The van der Waals surface area contributed by atoms with E-state index in [1.807, 2.05) is 0 Å². The summed E-state index contributed by atoms with van der Waals surface area (Å²) in [6, 6.07) is 0. The van der Waals surface area contributed by atoms with Crippen molar-refractivity contribution in [3.63, 3.8) is 0 Å². The van der Waals surface area contributed by atoms with Crippen LogP contribution in [0, 0.1) is 0 Å². The molecule has 1 aromatic heterocycles. The van der Waals surface area contributed by atoms with Crippen LogP contribution in [0.2, 0.25) is 0 Å². The van der Waals surface area contributed by atoms with Crippen LogP contribution in [0.15, 0.2) is 10.8 Å². The molecule has 0 saturated heterocycles. The third-order valence-electron chi connectivity index (χ3n) is 1.53. The zero-order valence-electron chi connectivity index (χ0n) is 9.23. The number of rotatable bonds is 2. The van der Waals surface area contributed by atoms with Crippen LogP contribution in [-0.2, 0) is 4.74 Å². The zero-order valence-corrected chi connectivity index (χ0v) is 10.1. The van der Waals surface area contributed by atoms with E-state index in [0.717, 1.165) is 0 Å². The van der Waals surface area contributed by atoms with Gasteiger partial charge in [-0.25, -0.2) is 9.59 Å². The summed E-state index contributed by atoms with van der Waals surface area (Å²) in [6.07, 6.45) is -0.659. The summed E-state index contributed by atoms with van der Waals surface area (Å²) >= 11 is 1.20. The molecule has 16 heavy (non-hydrogen) atoms. The standard InChI is InChI=1S/C10H13NO4S/c1-10(2,3)15-9(14)11-7-5-16-4-6(7)8(12)13/h4-5H,1-3H3,(H,11,14)(H,12,13). The maximum atomic E-state index is 11.4. The normalized spacial score (nSPS) is 10.9. The van der Waals surface area contributed by atoms with Crippen molar-refractivity contribution < 1.29 is 19.4 Å². The van der Waals surface area contributed by atoms with E-state index in [-0.39, 0.29) is 11.3 Å². The molecule has 0 fully saturated rings. The molecule has 88 valence electrons. The first-order valence-electron chi connectivity index (χ1n) is 4.59. The number of carbonyl (C=O) groups excluding carboxylic acids is 1. The van der Waals surface area contributed by atoms with E-state index < -0.39 is 17.7 Å². The molecular formula is C10H13NO4S. The van der Waals surface area contributed by atoms with E-state index in [1.54, 1.807) is 26.2 Å². The fraction of sp³-hybridized carbons (Fsp3) is 0.400. The van der Waals surface area contributed by atoms with Crippen LogP contribution in [0.1, 0.15) is 31.1 Å². The molecule has 0 radical (unpaired) electrons. The summed E-state index contributed by atoms with van der Waals surface area (Å²) in [4.78, 5) is 22.1. The van der Waals surface area contributed by atoms with E-state index in [1.165, 1.54) is 16.7 Å². The summed E-state index contributed by atoms with van der Waals surface area (Å²) in [5.74, 6) is -1.08. The Hall–Kier alpha value is -1.56. The summed E-state index contributed by atoms with van der Waals surface area (Å²) in [7, 11) is 0. The SMILES string of the molecule is CC(C)(C)OC(=O)Nc1cscc1C(=O)O. The molecule has 6 heteroatoms. The van der Waals surface area contributed by atoms with Gasteiger partial charge in [0.1, 0.15) is 5.60 Å². The number of thiophene rings is 1. The van der Waals surface area contributed by atoms with Crippen LogP contribution in [-0.4, -0.2) is 22.8 Å². The highest BCUT2D eigenvalue weighted by atomic mass is 32.1. The van der Waals surface area contributed by atoms with Gasteiger partial charge in [-0.1, -0.05) is 0 Å².